The first-order chi connectivity index (χ1) is 9.69. The molecule has 20 heavy (non-hydrogen) atoms. The Kier molecular flexibility index (Phi) is 5.20. The lowest BCUT2D eigenvalue weighted by atomic mass is 9.85. The molecular formula is C15H24N2O3. The van der Waals surface area contributed by atoms with Crippen LogP contribution < -0.4 is 10.9 Å². The summed E-state index contributed by atoms with van der Waals surface area (Å²) in [5.41, 5.74) is 1.00. The third-order valence-electron chi connectivity index (χ3n) is 3.70. The van der Waals surface area contributed by atoms with Gasteiger partial charge in [-0.05, 0) is 25.8 Å². The number of hydrogen-bond acceptors (Lipinski definition) is 4. The average molecular weight is 280 g/mol. The lowest BCUT2D eigenvalue weighted by Gasteiger charge is -2.43. The summed E-state index contributed by atoms with van der Waals surface area (Å²) < 4.78 is 12.8. The molecule has 3 atom stereocenters. The number of nitrogens with zero attached hydrogens (tertiary/aromatic N) is 1. The maximum atomic E-state index is 11.7. The first kappa shape index (κ1) is 15.1. The smallest absolute Gasteiger partial charge is 0.250 e. The lowest BCUT2D eigenvalue weighted by molar-refractivity contribution is -0.118. The molecule has 1 aliphatic rings. The van der Waals surface area contributed by atoms with Gasteiger partial charge in [0.1, 0.15) is 6.10 Å². The molecule has 2 rings (SSSR count). The van der Waals surface area contributed by atoms with Crippen molar-refractivity contribution in [2.24, 2.45) is 0 Å². The highest BCUT2D eigenvalue weighted by atomic mass is 16.5. The number of aryl methyl sites for hydroxylation is 1. The lowest BCUT2D eigenvalue weighted by Crippen LogP contribution is -2.56. The molecule has 0 radical (unpaired) electrons. The second kappa shape index (κ2) is 6.90. The predicted molar refractivity (Wildman–Crippen MR) is 79.2 cm³/mol. The van der Waals surface area contributed by atoms with E-state index in [-0.39, 0.29) is 23.8 Å². The topological polar surface area (TPSA) is 52.5 Å². The van der Waals surface area contributed by atoms with E-state index in [0.717, 1.165) is 25.1 Å². The molecule has 1 saturated carbocycles. The Morgan fingerprint density at radius 2 is 2.20 bits per heavy atom. The molecule has 0 aliphatic heterocycles. The molecule has 1 aromatic rings. The molecule has 1 aromatic heterocycles. The van der Waals surface area contributed by atoms with Gasteiger partial charge in [-0.15, -0.1) is 0 Å². The minimum absolute atomic E-state index is 0.0430. The zero-order valence-electron chi connectivity index (χ0n) is 12.5. The number of ether oxygens (including phenoxy) is 2. The van der Waals surface area contributed by atoms with E-state index >= 15 is 0 Å². The minimum atomic E-state index is 0.0430. The quantitative estimate of drug-likeness (QED) is 0.828. The van der Waals surface area contributed by atoms with Crippen LogP contribution >= 0.6 is 0 Å². The Bertz CT molecular complexity index is 486. The molecule has 1 N–H and O–H groups in total. The number of hydrogen-bond donors (Lipinski definition) is 1. The summed E-state index contributed by atoms with van der Waals surface area (Å²) in [6.07, 6.45) is 4.00. The molecule has 5 nitrogen and oxygen atoms in total. The third-order valence-corrected chi connectivity index (χ3v) is 3.70. The van der Waals surface area contributed by atoms with Gasteiger partial charge in [0.25, 0.3) is 5.56 Å². The van der Waals surface area contributed by atoms with E-state index in [4.69, 9.17) is 9.47 Å². The maximum Gasteiger partial charge on any atom is 0.250 e. The Morgan fingerprint density at radius 3 is 2.85 bits per heavy atom. The molecule has 0 bridgehead atoms. The number of rotatable bonds is 7. The Morgan fingerprint density at radius 1 is 1.40 bits per heavy atom. The zero-order chi connectivity index (χ0) is 14.5. The molecule has 0 spiro atoms. The van der Waals surface area contributed by atoms with E-state index in [1.165, 1.54) is 0 Å². The van der Waals surface area contributed by atoms with Crippen LogP contribution in [0.1, 0.15) is 26.7 Å². The summed E-state index contributed by atoms with van der Waals surface area (Å²) in [5, 5.41) is 3.43. The highest BCUT2D eigenvalue weighted by Gasteiger charge is 2.42. The second-order valence-corrected chi connectivity index (χ2v) is 5.13. The largest absolute Gasteiger partial charge is 0.378 e. The van der Waals surface area contributed by atoms with Crippen molar-refractivity contribution in [1.82, 2.24) is 4.57 Å². The van der Waals surface area contributed by atoms with Crippen LogP contribution in [0.3, 0.4) is 0 Å². The van der Waals surface area contributed by atoms with Crippen LogP contribution in [0.25, 0.3) is 0 Å². The number of aromatic nitrogens is 1. The molecule has 3 unspecified atom stereocenters. The highest BCUT2D eigenvalue weighted by molar-refractivity contribution is 5.42. The third kappa shape index (κ3) is 3.22. The summed E-state index contributed by atoms with van der Waals surface area (Å²) in [6, 6.07) is 3.68. The van der Waals surface area contributed by atoms with Crippen LogP contribution in [0.2, 0.25) is 0 Å². The van der Waals surface area contributed by atoms with Gasteiger partial charge in [-0.3, -0.25) is 4.79 Å². The van der Waals surface area contributed by atoms with Gasteiger partial charge >= 0.3 is 0 Å². The van der Waals surface area contributed by atoms with Gasteiger partial charge in [0.15, 0.2) is 0 Å². The standard InChI is InChI=1S/C15H24N2O3/c1-4-8-17-10-11(6-7-14(17)18)16-12-9-13(20-5-2)15(12)19-3/h6-7,10,12-13,15-16H,4-5,8-9H2,1-3H3. The molecule has 0 amide bonds. The second-order valence-electron chi connectivity index (χ2n) is 5.13. The van der Waals surface area contributed by atoms with Crippen LogP contribution in [0.15, 0.2) is 23.1 Å². The van der Waals surface area contributed by atoms with Crippen molar-refractivity contribution >= 4 is 5.69 Å². The van der Waals surface area contributed by atoms with E-state index in [9.17, 15) is 4.79 Å². The predicted octanol–water partition coefficient (Wildman–Crippen LogP) is 1.86. The summed E-state index contributed by atoms with van der Waals surface area (Å²) in [5.74, 6) is 0. The number of pyridine rings is 1. The molecule has 1 fully saturated rings. The van der Waals surface area contributed by atoms with E-state index in [1.54, 1.807) is 17.7 Å². The Hall–Kier alpha value is -1.33. The van der Waals surface area contributed by atoms with E-state index in [2.05, 4.69) is 12.2 Å². The minimum Gasteiger partial charge on any atom is -0.378 e. The van der Waals surface area contributed by atoms with Gasteiger partial charge in [-0.2, -0.15) is 0 Å². The number of anilines is 1. The van der Waals surface area contributed by atoms with Crippen LogP contribution in [0, 0.1) is 0 Å². The highest BCUT2D eigenvalue weighted by Crippen LogP contribution is 2.29. The fourth-order valence-corrected chi connectivity index (χ4v) is 2.66. The SMILES string of the molecule is CCCn1cc(NC2CC(OCC)C2OC)ccc1=O. The summed E-state index contributed by atoms with van der Waals surface area (Å²) in [6.45, 7) is 5.51. The van der Waals surface area contributed by atoms with Gasteiger partial charge in [0, 0.05) is 32.5 Å². The molecule has 112 valence electrons. The molecule has 1 aliphatic carbocycles. The zero-order valence-corrected chi connectivity index (χ0v) is 12.5. The van der Waals surface area contributed by atoms with E-state index < -0.39 is 0 Å². The fraction of sp³-hybridized carbons (Fsp3) is 0.667. The Labute approximate surface area is 119 Å². The van der Waals surface area contributed by atoms with Gasteiger partial charge in [-0.25, -0.2) is 0 Å². The van der Waals surface area contributed by atoms with Crippen LogP contribution in [0.4, 0.5) is 5.69 Å². The van der Waals surface area contributed by atoms with Crippen molar-refractivity contribution in [3.05, 3.63) is 28.7 Å². The Balaban J connectivity index is 2.00. The van der Waals surface area contributed by atoms with Crippen molar-refractivity contribution in [1.29, 1.82) is 0 Å². The van der Waals surface area contributed by atoms with Gasteiger partial charge in [-0.1, -0.05) is 6.92 Å². The normalized spacial score (nSPS) is 25.2. The van der Waals surface area contributed by atoms with Crippen molar-refractivity contribution in [2.45, 2.75) is 51.5 Å². The van der Waals surface area contributed by atoms with Crippen molar-refractivity contribution in [3.8, 4) is 0 Å². The number of nitrogens with one attached hydrogen (secondary N) is 1. The van der Waals surface area contributed by atoms with Crippen molar-refractivity contribution in [3.63, 3.8) is 0 Å². The van der Waals surface area contributed by atoms with E-state index in [0.29, 0.717) is 6.61 Å². The van der Waals surface area contributed by atoms with Crippen LogP contribution in [-0.2, 0) is 16.0 Å². The van der Waals surface area contributed by atoms with Crippen molar-refractivity contribution < 1.29 is 9.47 Å². The first-order valence-electron chi connectivity index (χ1n) is 7.31. The van der Waals surface area contributed by atoms with Gasteiger partial charge in [0.05, 0.1) is 17.8 Å². The van der Waals surface area contributed by atoms with Gasteiger partial charge in [0.2, 0.25) is 0 Å². The fourth-order valence-electron chi connectivity index (χ4n) is 2.66. The molecular weight excluding hydrogens is 256 g/mol. The van der Waals surface area contributed by atoms with Crippen molar-refractivity contribution in [2.75, 3.05) is 19.0 Å². The van der Waals surface area contributed by atoms with Crippen LogP contribution in [0.5, 0.6) is 0 Å². The maximum absolute atomic E-state index is 11.7. The summed E-state index contributed by atoms with van der Waals surface area (Å²) in [4.78, 5) is 11.7. The average Bonchev–Trinajstić information content (AvgIpc) is 2.41. The van der Waals surface area contributed by atoms with Crippen LogP contribution in [-0.4, -0.2) is 36.5 Å². The molecule has 1 heterocycles. The van der Waals surface area contributed by atoms with Gasteiger partial charge < -0.3 is 19.4 Å². The molecule has 0 aromatic carbocycles. The monoisotopic (exact) mass is 280 g/mol. The summed E-state index contributed by atoms with van der Waals surface area (Å²) in [7, 11) is 1.71. The molecule has 0 saturated heterocycles. The molecule has 5 heteroatoms. The van der Waals surface area contributed by atoms with E-state index in [1.807, 2.05) is 19.2 Å². The number of methoxy groups -OCH3 is 1. The first-order valence-corrected chi connectivity index (χ1v) is 7.31. The summed E-state index contributed by atoms with van der Waals surface area (Å²) >= 11 is 0.